The van der Waals surface area contributed by atoms with Crippen molar-refractivity contribution < 1.29 is 9.84 Å². The van der Waals surface area contributed by atoms with Crippen molar-refractivity contribution in [3.8, 4) is 11.3 Å². The van der Waals surface area contributed by atoms with Gasteiger partial charge >= 0.3 is 0 Å². The number of anilines is 1. The average molecular weight is 425 g/mol. The fourth-order valence-corrected chi connectivity index (χ4v) is 4.89. The number of benzene rings is 1. The van der Waals surface area contributed by atoms with Gasteiger partial charge in [-0.05, 0) is 38.8 Å². The molecule has 0 unspecified atom stereocenters. The number of imidazole rings is 1. The number of hydrogen-bond acceptors (Lipinski definition) is 7. The maximum atomic E-state index is 10.0. The van der Waals surface area contributed by atoms with Crippen LogP contribution in [-0.2, 0) is 11.3 Å². The molecular weight excluding hydrogens is 392 g/mol. The van der Waals surface area contributed by atoms with Gasteiger partial charge in [-0.25, -0.2) is 15.0 Å². The minimum atomic E-state index is -0.150. The molecule has 0 aliphatic carbocycles. The number of H-pyrrole nitrogens is 1. The van der Waals surface area contributed by atoms with Crippen LogP contribution in [0, 0.1) is 12.3 Å². The van der Waals surface area contributed by atoms with Crippen LogP contribution in [0.3, 0.4) is 0 Å². The van der Waals surface area contributed by atoms with Crippen molar-refractivity contribution in [2.75, 3.05) is 24.6 Å². The molecule has 2 aromatic heterocycles. The first-order chi connectivity index (χ1) is 14.5. The number of aliphatic hydroxyl groups is 1. The Kier molecular flexibility index (Phi) is 5.72. The van der Waals surface area contributed by atoms with Gasteiger partial charge in [0.1, 0.15) is 5.69 Å². The van der Waals surface area contributed by atoms with E-state index in [2.05, 4.69) is 21.8 Å². The quantitative estimate of drug-likeness (QED) is 0.592. The highest BCUT2D eigenvalue weighted by Gasteiger charge is 2.47. The van der Waals surface area contributed by atoms with E-state index in [1.165, 1.54) is 0 Å². The largest absolute Gasteiger partial charge is 0.390 e. The summed E-state index contributed by atoms with van der Waals surface area (Å²) in [6.45, 7) is 6.29. The van der Waals surface area contributed by atoms with E-state index in [1.807, 2.05) is 25.1 Å². The van der Waals surface area contributed by atoms with E-state index in [9.17, 15) is 5.11 Å². The van der Waals surface area contributed by atoms with Gasteiger partial charge in [-0.3, -0.25) is 0 Å². The maximum absolute atomic E-state index is 10.0. The molecule has 2 aliphatic heterocycles. The first kappa shape index (κ1) is 21.7. The topological polar surface area (TPSA) is 113 Å². The molecule has 2 atom stereocenters. The number of nitrogens with two attached hydrogens (primary N) is 1. The number of nitrogens with one attached hydrogen (secondary N) is 1. The number of nitrogens with zero attached hydrogens (tertiary/aromatic N) is 4. The standard InChI is InChI=1S/C22H28N6O2.CH4/c1-13-19(15-3-4-16-17(9-15)25-12-24-16)27-18(10-29)21(26-13)28-7-5-22(6-8-28)11-30-14(2)20(22)23;/h3-4,9,12,14,20,29H,5-8,10-11,23H2,1-2H3,(H,24,25);1H4/t14-,20+;/m0./s1. The van der Waals surface area contributed by atoms with Crippen LogP contribution in [-0.4, -0.2) is 56.9 Å². The van der Waals surface area contributed by atoms with E-state index in [0.29, 0.717) is 5.69 Å². The molecule has 4 heterocycles. The molecule has 8 heteroatoms. The summed E-state index contributed by atoms with van der Waals surface area (Å²) in [4.78, 5) is 19.3. The molecule has 166 valence electrons. The summed E-state index contributed by atoms with van der Waals surface area (Å²) in [6.07, 6.45) is 3.71. The summed E-state index contributed by atoms with van der Waals surface area (Å²) in [5.74, 6) is 0.775. The average Bonchev–Trinajstić information content (AvgIpc) is 3.34. The number of hydrogen-bond donors (Lipinski definition) is 3. The fourth-order valence-electron chi connectivity index (χ4n) is 4.89. The minimum absolute atomic E-state index is 0. The second kappa shape index (κ2) is 8.18. The number of rotatable bonds is 3. The van der Waals surface area contributed by atoms with Crippen LogP contribution >= 0.6 is 0 Å². The first-order valence-corrected chi connectivity index (χ1v) is 10.5. The molecule has 0 radical (unpaired) electrons. The van der Waals surface area contributed by atoms with Gasteiger partial charge < -0.3 is 25.5 Å². The summed E-state index contributed by atoms with van der Waals surface area (Å²) < 4.78 is 5.83. The summed E-state index contributed by atoms with van der Waals surface area (Å²) in [6, 6.07) is 6.05. The van der Waals surface area contributed by atoms with Crippen molar-refractivity contribution in [1.82, 2.24) is 19.9 Å². The number of aliphatic hydroxyl groups excluding tert-OH is 1. The predicted molar refractivity (Wildman–Crippen MR) is 122 cm³/mol. The van der Waals surface area contributed by atoms with Crippen LogP contribution in [0.2, 0.25) is 0 Å². The molecule has 2 fully saturated rings. The van der Waals surface area contributed by atoms with Gasteiger partial charge in [-0.1, -0.05) is 13.5 Å². The van der Waals surface area contributed by atoms with Gasteiger partial charge in [0.25, 0.3) is 0 Å². The number of fused-ring (bicyclic) bond motifs is 1. The van der Waals surface area contributed by atoms with E-state index >= 15 is 0 Å². The maximum Gasteiger partial charge on any atom is 0.153 e. The Hall–Kier alpha value is -2.55. The number of aromatic nitrogens is 4. The Morgan fingerprint density at radius 1 is 1.29 bits per heavy atom. The van der Waals surface area contributed by atoms with Crippen LogP contribution in [0.5, 0.6) is 0 Å². The van der Waals surface area contributed by atoms with Crippen molar-refractivity contribution in [3.05, 3.63) is 35.9 Å². The molecule has 1 spiro atoms. The highest BCUT2D eigenvalue weighted by atomic mass is 16.5. The third-order valence-electron chi connectivity index (χ3n) is 6.87. The second-order valence-electron chi connectivity index (χ2n) is 8.61. The Bertz CT molecular complexity index is 1070. The van der Waals surface area contributed by atoms with Crippen LogP contribution in [0.4, 0.5) is 5.82 Å². The van der Waals surface area contributed by atoms with E-state index in [1.54, 1.807) is 6.33 Å². The van der Waals surface area contributed by atoms with Crippen molar-refractivity contribution >= 4 is 16.9 Å². The Balaban J connectivity index is 0.00000231. The number of aryl methyl sites for hydroxylation is 1. The van der Waals surface area contributed by atoms with Gasteiger partial charge in [0.2, 0.25) is 0 Å². The summed E-state index contributed by atoms with van der Waals surface area (Å²) >= 11 is 0. The molecule has 4 N–H and O–H groups in total. The minimum Gasteiger partial charge on any atom is -0.390 e. The second-order valence-corrected chi connectivity index (χ2v) is 8.61. The first-order valence-electron chi connectivity index (χ1n) is 10.5. The normalized spacial score (nSPS) is 22.8. The fraction of sp³-hybridized carbons (Fsp3) is 0.522. The summed E-state index contributed by atoms with van der Waals surface area (Å²) in [5.41, 5.74) is 11.6. The molecule has 5 rings (SSSR count). The number of aromatic amines is 1. The van der Waals surface area contributed by atoms with E-state index in [4.69, 9.17) is 20.4 Å². The molecule has 2 saturated heterocycles. The van der Waals surface area contributed by atoms with Crippen molar-refractivity contribution in [2.24, 2.45) is 11.1 Å². The van der Waals surface area contributed by atoms with E-state index in [0.717, 1.165) is 66.3 Å². The highest BCUT2D eigenvalue weighted by Crippen LogP contribution is 2.42. The molecule has 8 nitrogen and oxygen atoms in total. The van der Waals surface area contributed by atoms with Crippen molar-refractivity contribution in [1.29, 1.82) is 0 Å². The van der Waals surface area contributed by atoms with E-state index < -0.39 is 0 Å². The lowest BCUT2D eigenvalue weighted by atomic mass is 9.73. The van der Waals surface area contributed by atoms with Crippen LogP contribution < -0.4 is 10.6 Å². The summed E-state index contributed by atoms with van der Waals surface area (Å²) in [5, 5.41) is 10.0. The van der Waals surface area contributed by atoms with Crippen LogP contribution in [0.15, 0.2) is 24.5 Å². The van der Waals surface area contributed by atoms with Crippen molar-refractivity contribution in [3.63, 3.8) is 0 Å². The predicted octanol–water partition coefficient (Wildman–Crippen LogP) is 2.79. The Morgan fingerprint density at radius 2 is 2.06 bits per heavy atom. The van der Waals surface area contributed by atoms with Crippen LogP contribution in [0.25, 0.3) is 22.3 Å². The van der Waals surface area contributed by atoms with Crippen molar-refractivity contribution in [2.45, 2.75) is 52.9 Å². The molecule has 3 aromatic rings. The summed E-state index contributed by atoms with van der Waals surface area (Å²) in [7, 11) is 0. The molecular formula is C23H32N6O2. The molecule has 2 aliphatic rings. The van der Waals surface area contributed by atoms with E-state index in [-0.39, 0.29) is 31.6 Å². The molecule has 31 heavy (non-hydrogen) atoms. The zero-order chi connectivity index (χ0) is 20.9. The van der Waals surface area contributed by atoms with Gasteiger partial charge in [0.15, 0.2) is 5.82 Å². The Morgan fingerprint density at radius 3 is 2.74 bits per heavy atom. The molecule has 1 aromatic carbocycles. The number of piperidine rings is 1. The zero-order valence-electron chi connectivity index (χ0n) is 17.4. The smallest absolute Gasteiger partial charge is 0.153 e. The third kappa shape index (κ3) is 3.58. The number of ether oxygens (including phenoxy) is 1. The van der Waals surface area contributed by atoms with Crippen LogP contribution in [0.1, 0.15) is 38.6 Å². The monoisotopic (exact) mass is 424 g/mol. The zero-order valence-corrected chi connectivity index (χ0v) is 17.4. The van der Waals surface area contributed by atoms with Gasteiger partial charge in [-0.15, -0.1) is 0 Å². The molecule has 0 amide bonds. The van der Waals surface area contributed by atoms with Gasteiger partial charge in [0, 0.05) is 30.1 Å². The lowest BCUT2D eigenvalue weighted by molar-refractivity contribution is 0.0973. The lowest BCUT2D eigenvalue weighted by Gasteiger charge is -2.42. The highest BCUT2D eigenvalue weighted by molar-refractivity contribution is 5.81. The SMILES string of the molecule is C.Cc1nc(N2CCC3(CC2)CO[C@@H](C)[C@H]3N)c(CO)nc1-c1ccc2nc[nH]c2c1. The molecule has 0 saturated carbocycles. The molecule has 0 bridgehead atoms. The van der Waals surface area contributed by atoms with Gasteiger partial charge in [0.05, 0.1) is 48.1 Å². The Labute approximate surface area is 182 Å². The van der Waals surface area contributed by atoms with Gasteiger partial charge in [-0.2, -0.15) is 0 Å². The lowest BCUT2D eigenvalue weighted by Crippen LogP contribution is -2.51. The third-order valence-corrected chi connectivity index (χ3v) is 6.87.